The van der Waals surface area contributed by atoms with Crippen LogP contribution in [0.1, 0.15) is 59.3 Å². The van der Waals surface area contributed by atoms with Crippen molar-refractivity contribution in [3.63, 3.8) is 0 Å². The fourth-order valence-electron chi connectivity index (χ4n) is 1.40. The fourth-order valence-corrected chi connectivity index (χ4v) is 1.40. The molecule has 0 fully saturated rings. The lowest BCUT2D eigenvalue weighted by atomic mass is 10.1. The summed E-state index contributed by atoms with van der Waals surface area (Å²) in [6, 6.07) is 0. The predicted molar refractivity (Wildman–Crippen MR) is 68.5 cm³/mol. The second-order valence-electron chi connectivity index (χ2n) is 4.67. The van der Waals surface area contributed by atoms with Crippen molar-refractivity contribution < 1.29 is 0 Å². The van der Waals surface area contributed by atoms with E-state index in [2.05, 4.69) is 26.1 Å². The Morgan fingerprint density at radius 2 is 2.00 bits per heavy atom. The standard InChI is InChI=1S/C13H28N2/c1-4-5-6-7-8-13(14)11-15-10-9-12(2)3/h11-12,15H,4-10,14H2,1-3H3/b13-11-. The Labute approximate surface area is 95.3 Å². The predicted octanol–water partition coefficient (Wildman–Crippen LogP) is 3.39. The van der Waals surface area contributed by atoms with Crippen molar-refractivity contribution >= 4 is 0 Å². The lowest BCUT2D eigenvalue weighted by molar-refractivity contribution is 0.569. The first-order valence-electron chi connectivity index (χ1n) is 6.34. The van der Waals surface area contributed by atoms with Crippen LogP contribution in [0.2, 0.25) is 0 Å². The van der Waals surface area contributed by atoms with Crippen LogP contribution in [0.4, 0.5) is 0 Å². The maximum Gasteiger partial charge on any atom is 0.0240 e. The van der Waals surface area contributed by atoms with Gasteiger partial charge in [0, 0.05) is 18.4 Å². The van der Waals surface area contributed by atoms with E-state index in [1.165, 1.54) is 32.1 Å². The van der Waals surface area contributed by atoms with E-state index in [4.69, 9.17) is 5.73 Å². The highest BCUT2D eigenvalue weighted by molar-refractivity contribution is 4.94. The first kappa shape index (κ1) is 14.3. The molecule has 0 aliphatic carbocycles. The molecule has 3 N–H and O–H groups in total. The van der Waals surface area contributed by atoms with Gasteiger partial charge >= 0.3 is 0 Å². The number of unbranched alkanes of at least 4 members (excludes halogenated alkanes) is 3. The van der Waals surface area contributed by atoms with Crippen LogP contribution in [-0.4, -0.2) is 6.54 Å². The molecule has 0 bridgehead atoms. The van der Waals surface area contributed by atoms with E-state index in [0.717, 1.165) is 24.6 Å². The molecule has 2 heteroatoms. The molecule has 0 radical (unpaired) electrons. The van der Waals surface area contributed by atoms with Crippen molar-refractivity contribution in [1.29, 1.82) is 0 Å². The van der Waals surface area contributed by atoms with Gasteiger partial charge in [-0.05, 0) is 25.2 Å². The topological polar surface area (TPSA) is 38.0 Å². The molecular weight excluding hydrogens is 184 g/mol. The number of rotatable bonds is 9. The highest BCUT2D eigenvalue weighted by Gasteiger charge is 1.93. The molecule has 0 saturated carbocycles. The number of hydrogen-bond donors (Lipinski definition) is 2. The Balaban J connectivity index is 3.35. The monoisotopic (exact) mass is 212 g/mol. The number of nitrogens with one attached hydrogen (secondary N) is 1. The quantitative estimate of drug-likeness (QED) is 0.575. The Kier molecular flexibility index (Phi) is 9.44. The molecule has 0 aliphatic heterocycles. The molecule has 0 spiro atoms. The molecular formula is C13H28N2. The summed E-state index contributed by atoms with van der Waals surface area (Å²) in [4.78, 5) is 0. The first-order valence-corrected chi connectivity index (χ1v) is 6.34. The summed E-state index contributed by atoms with van der Waals surface area (Å²) in [5.41, 5.74) is 6.87. The molecule has 0 unspecified atom stereocenters. The summed E-state index contributed by atoms with van der Waals surface area (Å²) in [6.07, 6.45) is 9.37. The zero-order valence-corrected chi connectivity index (χ0v) is 10.7. The Hall–Kier alpha value is -0.660. The lowest BCUT2D eigenvalue weighted by Crippen LogP contribution is -2.12. The molecule has 0 aromatic rings. The summed E-state index contributed by atoms with van der Waals surface area (Å²) >= 11 is 0. The summed E-state index contributed by atoms with van der Waals surface area (Å²) < 4.78 is 0. The van der Waals surface area contributed by atoms with Crippen LogP contribution in [0.3, 0.4) is 0 Å². The smallest absolute Gasteiger partial charge is 0.0240 e. The van der Waals surface area contributed by atoms with Crippen LogP contribution < -0.4 is 11.1 Å². The van der Waals surface area contributed by atoms with Crippen molar-refractivity contribution in [1.82, 2.24) is 5.32 Å². The normalized spacial score (nSPS) is 12.1. The van der Waals surface area contributed by atoms with Gasteiger partial charge in [0.2, 0.25) is 0 Å². The summed E-state index contributed by atoms with van der Waals surface area (Å²) in [7, 11) is 0. The molecule has 0 aromatic heterocycles. The van der Waals surface area contributed by atoms with Gasteiger partial charge in [-0.3, -0.25) is 0 Å². The van der Waals surface area contributed by atoms with E-state index >= 15 is 0 Å². The minimum atomic E-state index is 0.761. The minimum Gasteiger partial charge on any atom is -0.401 e. The van der Waals surface area contributed by atoms with Gasteiger partial charge in [0.15, 0.2) is 0 Å². The Bertz CT molecular complexity index is 162. The summed E-state index contributed by atoms with van der Waals surface area (Å²) in [6.45, 7) is 7.74. The highest BCUT2D eigenvalue weighted by Crippen LogP contribution is 2.05. The van der Waals surface area contributed by atoms with Gasteiger partial charge < -0.3 is 11.1 Å². The molecule has 0 heterocycles. The van der Waals surface area contributed by atoms with Crippen LogP contribution in [0.5, 0.6) is 0 Å². The lowest BCUT2D eigenvalue weighted by Gasteiger charge is -2.06. The molecule has 90 valence electrons. The van der Waals surface area contributed by atoms with Gasteiger partial charge in [0.25, 0.3) is 0 Å². The van der Waals surface area contributed by atoms with E-state index in [9.17, 15) is 0 Å². The van der Waals surface area contributed by atoms with E-state index < -0.39 is 0 Å². The molecule has 0 aliphatic rings. The molecule has 0 saturated heterocycles. The number of nitrogens with two attached hydrogens (primary N) is 1. The second kappa shape index (κ2) is 9.88. The van der Waals surface area contributed by atoms with Crippen LogP contribution in [0.15, 0.2) is 11.9 Å². The molecule has 0 rings (SSSR count). The van der Waals surface area contributed by atoms with Gasteiger partial charge in [0.05, 0.1) is 0 Å². The molecule has 0 atom stereocenters. The van der Waals surface area contributed by atoms with Gasteiger partial charge in [-0.15, -0.1) is 0 Å². The number of allylic oxidation sites excluding steroid dienone is 1. The average molecular weight is 212 g/mol. The van der Waals surface area contributed by atoms with Crippen molar-refractivity contribution in [3.05, 3.63) is 11.9 Å². The highest BCUT2D eigenvalue weighted by atomic mass is 14.8. The minimum absolute atomic E-state index is 0.761. The molecule has 2 nitrogen and oxygen atoms in total. The third-order valence-corrected chi connectivity index (χ3v) is 2.47. The second-order valence-corrected chi connectivity index (χ2v) is 4.67. The van der Waals surface area contributed by atoms with E-state index in [1.54, 1.807) is 0 Å². The zero-order chi connectivity index (χ0) is 11.5. The van der Waals surface area contributed by atoms with Gasteiger partial charge in [-0.2, -0.15) is 0 Å². The Morgan fingerprint density at radius 3 is 2.60 bits per heavy atom. The van der Waals surface area contributed by atoms with Crippen LogP contribution in [0, 0.1) is 5.92 Å². The fraction of sp³-hybridized carbons (Fsp3) is 0.846. The Morgan fingerprint density at radius 1 is 1.27 bits per heavy atom. The van der Waals surface area contributed by atoms with Crippen LogP contribution in [0.25, 0.3) is 0 Å². The molecule has 0 amide bonds. The summed E-state index contributed by atoms with van der Waals surface area (Å²) in [5, 5.41) is 3.27. The summed E-state index contributed by atoms with van der Waals surface area (Å²) in [5.74, 6) is 0.761. The van der Waals surface area contributed by atoms with E-state index in [0.29, 0.717) is 0 Å². The van der Waals surface area contributed by atoms with Crippen molar-refractivity contribution in [2.24, 2.45) is 11.7 Å². The van der Waals surface area contributed by atoms with Crippen LogP contribution >= 0.6 is 0 Å². The van der Waals surface area contributed by atoms with Gasteiger partial charge in [-0.1, -0.05) is 40.0 Å². The van der Waals surface area contributed by atoms with E-state index in [1.807, 2.05) is 6.20 Å². The van der Waals surface area contributed by atoms with Crippen LogP contribution in [-0.2, 0) is 0 Å². The van der Waals surface area contributed by atoms with Crippen molar-refractivity contribution in [2.45, 2.75) is 59.3 Å². The molecule has 15 heavy (non-hydrogen) atoms. The SMILES string of the molecule is CCCCCC/C(N)=C/NCCC(C)C. The van der Waals surface area contributed by atoms with Crippen molar-refractivity contribution in [3.8, 4) is 0 Å². The maximum atomic E-state index is 5.87. The zero-order valence-electron chi connectivity index (χ0n) is 10.7. The van der Waals surface area contributed by atoms with Gasteiger partial charge in [-0.25, -0.2) is 0 Å². The average Bonchev–Trinajstić information content (AvgIpc) is 2.19. The van der Waals surface area contributed by atoms with Crippen molar-refractivity contribution in [2.75, 3.05) is 6.54 Å². The maximum absolute atomic E-state index is 5.87. The largest absolute Gasteiger partial charge is 0.401 e. The first-order chi connectivity index (χ1) is 7.16. The third-order valence-electron chi connectivity index (χ3n) is 2.47. The third kappa shape index (κ3) is 11.3. The molecule has 0 aromatic carbocycles. The van der Waals surface area contributed by atoms with E-state index in [-0.39, 0.29) is 0 Å². The number of hydrogen-bond acceptors (Lipinski definition) is 2. The van der Waals surface area contributed by atoms with Gasteiger partial charge in [0.1, 0.15) is 0 Å².